The third kappa shape index (κ3) is 5.10. The topological polar surface area (TPSA) is 70.1 Å². The van der Waals surface area contributed by atoms with Crippen molar-refractivity contribution in [3.05, 3.63) is 46.6 Å². The monoisotopic (exact) mass is 387 g/mol. The van der Waals surface area contributed by atoms with Gasteiger partial charge in [0.15, 0.2) is 0 Å². The highest BCUT2D eigenvalue weighted by Crippen LogP contribution is 2.23. The van der Waals surface area contributed by atoms with E-state index in [0.717, 1.165) is 37.1 Å². The second-order valence-corrected chi connectivity index (χ2v) is 7.71. The predicted molar refractivity (Wildman–Crippen MR) is 110 cm³/mol. The molecule has 1 aliphatic rings. The van der Waals surface area contributed by atoms with Crippen LogP contribution in [-0.4, -0.2) is 42.1 Å². The molecule has 0 unspecified atom stereocenters. The smallest absolute Gasteiger partial charge is 0.251 e. The number of benzene rings is 1. The van der Waals surface area contributed by atoms with E-state index in [2.05, 4.69) is 20.6 Å². The van der Waals surface area contributed by atoms with Crippen molar-refractivity contribution < 1.29 is 4.79 Å². The van der Waals surface area contributed by atoms with Gasteiger partial charge in [0.1, 0.15) is 5.82 Å². The molecule has 0 atom stereocenters. The number of aryl methyl sites for hydroxylation is 1. The van der Waals surface area contributed by atoms with E-state index in [4.69, 9.17) is 11.6 Å². The summed E-state index contributed by atoms with van der Waals surface area (Å²) in [6.45, 7) is 2.01. The lowest BCUT2D eigenvalue weighted by molar-refractivity contribution is 0.0926. The maximum atomic E-state index is 12.4. The van der Waals surface area contributed by atoms with Gasteiger partial charge in [0.2, 0.25) is 5.95 Å². The Kier molecular flexibility index (Phi) is 6.16. The molecule has 1 amide bonds. The van der Waals surface area contributed by atoms with Crippen molar-refractivity contribution in [3.63, 3.8) is 0 Å². The molecule has 2 N–H and O–H groups in total. The Morgan fingerprint density at radius 3 is 2.56 bits per heavy atom. The molecule has 0 bridgehead atoms. The molecule has 1 saturated carbocycles. The maximum Gasteiger partial charge on any atom is 0.251 e. The molecule has 1 aromatic heterocycles. The lowest BCUT2D eigenvalue weighted by Gasteiger charge is -2.30. The van der Waals surface area contributed by atoms with Gasteiger partial charge in [0.05, 0.1) is 0 Å². The SMILES string of the molecule is Cc1cnc(NC2CCC(NC(=O)c3cccc(Cl)c3)CC2)nc1N(C)C. The first-order valence-corrected chi connectivity index (χ1v) is 9.64. The van der Waals surface area contributed by atoms with Gasteiger partial charge >= 0.3 is 0 Å². The largest absolute Gasteiger partial charge is 0.362 e. The standard InChI is InChI=1S/C20H26ClN5O/c1-13-12-22-20(25-18(13)26(2)3)24-17-9-7-16(8-10-17)23-19(27)14-5-4-6-15(21)11-14/h4-6,11-12,16-17H,7-10H2,1-3H3,(H,23,27)(H,22,24,25). The van der Waals surface area contributed by atoms with Crippen LogP contribution in [0.25, 0.3) is 0 Å². The van der Waals surface area contributed by atoms with E-state index in [1.807, 2.05) is 32.1 Å². The summed E-state index contributed by atoms with van der Waals surface area (Å²) >= 11 is 5.97. The first-order chi connectivity index (χ1) is 12.9. The van der Waals surface area contributed by atoms with Gasteiger partial charge in [-0.05, 0) is 50.8 Å². The zero-order valence-corrected chi connectivity index (χ0v) is 16.8. The highest BCUT2D eigenvalue weighted by molar-refractivity contribution is 6.30. The second-order valence-electron chi connectivity index (χ2n) is 7.27. The first-order valence-electron chi connectivity index (χ1n) is 9.26. The lowest BCUT2D eigenvalue weighted by Crippen LogP contribution is -2.40. The molecule has 1 aliphatic carbocycles. The van der Waals surface area contributed by atoms with Crippen LogP contribution in [0.15, 0.2) is 30.5 Å². The third-order valence-corrected chi connectivity index (χ3v) is 5.09. The van der Waals surface area contributed by atoms with Gasteiger partial charge in [-0.15, -0.1) is 0 Å². The van der Waals surface area contributed by atoms with Crippen LogP contribution in [0.1, 0.15) is 41.6 Å². The maximum absolute atomic E-state index is 12.4. The fourth-order valence-corrected chi connectivity index (χ4v) is 3.61. The minimum absolute atomic E-state index is 0.0635. The number of rotatable bonds is 5. The summed E-state index contributed by atoms with van der Waals surface area (Å²) in [7, 11) is 3.96. The molecule has 0 radical (unpaired) electrons. The van der Waals surface area contributed by atoms with Crippen molar-refractivity contribution in [2.45, 2.75) is 44.7 Å². The van der Waals surface area contributed by atoms with E-state index in [1.54, 1.807) is 24.3 Å². The second kappa shape index (κ2) is 8.57. The number of aromatic nitrogens is 2. The highest BCUT2D eigenvalue weighted by atomic mass is 35.5. The van der Waals surface area contributed by atoms with Crippen LogP contribution >= 0.6 is 11.6 Å². The summed E-state index contributed by atoms with van der Waals surface area (Å²) in [6, 6.07) is 7.55. The number of halogens is 1. The summed E-state index contributed by atoms with van der Waals surface area (Å²) < 4.78 is 0. The van der Waals surface area contributed by atoms with E-state index in [-0.39, 0.29) is 11.9 Å². The molecule has 0 spiro atoms. The molecule has 2 aromatic rings. The Hall–Kier alpha value is -2.34. The van der Waals surface area contributed by atoms with E-state index >= 15 is 0 Å². The summed E-state index contributed by atoms with van der Waals surface area (Å²) in [6.07, 6.45) is 5.64. The number of hydrogen-bond acceptors (Lipinski definition) is 5. The molecule has 1 heterocycles. The number of carbonyl (C=O) groups is 1. The number of amides is 1. The summed E-state index contributed by atoms with van der Waals surface area (Å²) in [5, 5.41) is 7.13. The molecular formula is C20H26ClN5O. The zero-order valence-electron chi connectivity index (χ0n) is 16.0. The fourth-order valence-electron chi connectivity index (χ4n) is 3.42. The molecule has 3 rings (SSSR count). The van der Waals surface area contributed by atoms with Crippen LogP contribution in [0.2, 0.25) is 5.02 Å². The van der Waals surface area contributed by atoms with E-state index in [0.29, 0.717) is 22.6 Å². The Balaban J connectivity index is 1.52. The van der Waals surface area contributed by atoms with Crippen molar-refractivity contribution >= 4 is 29.3 Å². The number of nitrogens with one attached hydrogen (secondary N) is 2. The van der Waals surface area contributed by atoms with Crippen LogP contribution in [0, 0.1) is 6.92 Å². The van der Waals surface area contributed by atoms with E-state index in [1.165, 1.54) is 0 Å². The minimum Gasteiger partial charge on any atom is -0.362 e. The van der Waals surface area contributed by atoms with Gasteiger partial charge in [-0.2, -0.15) is 4.98 Å². The van der Waals surface area contributed by atoms with Gasteiger partial charge in [-0.25, -0.2) is 4.98 Å². The Bertz CT molecular complexity index is 803. The van der Waals surface area contributed by atoms with Crippen LogP contribution in [0.5, 0.6) is 0 Å². The average Bonchev–Trinajstić information content (AvgIpc) is 2.64. The Labute approximate surface area is 165 Å². The molecule has 0 aliphatic heterocycles. The minimum atomic E-state index is -0.0635. The zero-order chi connectivity index (χ0) is 19.4. The third-order valence-electron chi connectivity index (χ3n) is 4.85. The van der Waals surface area contributed by atoms with Crippen molar-refractivity contribution in [2.24, 2.45) is 0 Å². The molecule has 1 fully saturated rings. The lowest BCUT2D eigenvalue weighted by atomic mass is 9.91. The molecular weight excluding hydrogens is 362 g/mol. The predicted octanol–water partition coefficient (Wildman–Crippen LogP) is 3.66. The van der Waals surface area contributed by atoms with Gasteiger partial charge in [-0.3, -0.25) is 4.79 Å². The molecule has 7 heteroatoms. The van der Waals surface area contributed by atoms with E-state index in [9.17, 15) is 4.79 Å². The summed E-state index contributed by atoms with van der Waals surface area (Å²) in [5.41, 5.74) is 1.66. The van der Waals surface area contributed by atoms with E-state index < -0.39 is 0 Å². The molecule has 27 heavy (non-hydrogen) atoms. The van der Waals surface area contributed by atoms with Gasteiger partial charge in [-0.1, -0.05) is 17.7 Å². The van der Waals surface area contributed by atoms with Crippen molar-refractivity contribution in [1.29, 1.82) is 0 Å². The van der Waals surface area contributed by atoms with Crippen LogP contribution in [0.3, 0.4) is 0 Å². The highest BCUT2D eigenvalue weighted by Gasteiger charge is 2.23. The van der Waals surface area contributed by atoms with Gasteiger partial charge in [0, 0.05) is 48.5 Å². The molecule has 6 nitrogen and oxygen atoms in total. The van der Waals surface area contributed by atoms with Crippen molar-refractivity contribution in [3.8, 4) is 0 Å². The summed E-state index contributed by atoms with van der Waals surface area (Å²) in [4.78, 5) is 23.4. The fraction of sp³-hybridized carbons (Fsp3) is 0.450. The van der Waals surface area contributed by atoms with Crippen molar-refractivity contribution in [2.75, 3.05) is 24.3 Å². The summed E-state index contributed by atoms with van der Waals surface area (Å²) in [5.74, 6) is 1.53. The molecule has 0 saturated heterocycles. The van der Waals surface area contributed by atoms with Crippen molar-refractivity contribution in [1.82, 2.24) is 15.3 Å². The average molecular weight is 388 g/mol. The number of nitrogens with zero attached hydrogens (tertiary/aromatic N) is 3. The number of anilines is 2. The number of hydrogen-bond donors (Lipinski definition) is 2. The van der Waals surface area contributed by atoms with Crippen LogP contribution in [-0.2, 0) is 0 Å². The molecule has 144 valence electrons. The molecule has 1 aromatic carbocycles. The normalized spacial score (nSPS) is 19.4. The quantitative estimate of drug-likeness (QED) is 0.819. The van der Waals surface area contributed by atoms with Gasteiger partial charge < -0.3 is 15.5 Å². The van der Waals surface area contributed by atoms with Gasteiger partial charge in [0.25, 0.3) is 5.91 Å². The van der Waals surface area contributed by atoms with Crippen LogP contribution in [0.4, 0.5) is 11.8 Å². The Morgan fingerprint density at radius 1 is 1.19 bits per heavy atom. The van der Waals surface area contributed by atoms with Crippen LogP contribution < -0.4 is 15.5 Å². The first kappa shape index (κ1) is 19.4. The number of carbonyl (C=O) groups excluding carboxylic acids is 1. The Morgan fingerprint density at radius 2 is 1.89 bits per heavy atom.